The van der Waals surface area contributed by atoms with Gasteiger partial charge in [0.2, 0.25) is 0 Å². The van der Waals surface area contributed by atoms with Gasteiger partial charge in [-0.25, -0.2) is 0 Å². The predicted octanol–water partition coefficient (Wildman–Crippen LogP) is 7.18. The number of ether oxygens (including phenoxy) is 2. The van der Waals surface area contributed by atoms with E-state index in [1.165, 1.54) is 57.6 Å². The molecule has 4 nitrogen and oxygen atoms in total. The molecule has 1 fully saturated rings. The molecule has 0 saturated carbocycles. The quantitative estimate of drug-likeness (QED) is 0.192. The minimum Gasteiger partial charge on any atom is -0.494 e. The molecule has 0 bridgehead atoms. The highest BCUT2D eigenvalue weighted by Gasteiger charge is 2.15. The summed E-state index contributed by atoms with van der Waals surface area (Å²) < 4.78 is 13.2. The monoisotopic (exact) mass is 515 g/mol. The van der Waals surface area contributed by atoms with E-state index in [4.69, 9.17) is 14.6 Å². The molecule has 4 aromatic rings. The maximum Gasteiger partial charge on any atom is 0.119 e. The normalized spacial score (nSPS) is 13.9. The molecule has 2 heterocycles. The molecule has 1 aliphatic heterocycles. The van der Waals surface area contributed by atoms with Crippen LogP contribution in [0.15, 0.2) is 72.8 Å². The highest BCUT2D eigenvalue weighted by Crippen LogP contribution is 2.40. The van der Waals surface area contributed by atoms with E-state index in [1.54, 1.807) is 0 Å². The van der Waals surface area contributed by atoms with E-state index in [2.05, 4.69) is 77.7 Å². The molecule has 0 spiro atoms. The number of thiophene rings is 1. The van der Waals surface area contributed by atoms with Gasteiger partial charge in [0.15, 0.2) is 0 Å². The summed E-state index contributed by atoms with van der Waals surface area (Å²) in [6.45, 7) is 5.12. The average Bonchev–Trinajstić information content (AvgIpc) is 3.58. The lowest BCUT2D eigenvalue weighted by atomic mass is 9.99. The Hall–Kier alpha value is -2.86. The minimum atomic E-state index is 0.253. The van der Waals surface area contributed by atoms with Crippen LogP contribution >= 0.6 is 11.3 Å². The van der Waals surface area contributed by atoms with Gasteiger partial charge in [-0.2, -0.15) is 0 Å². The Morgan fingerprint density at radius 1 is 0.757 bits per heavy atom. The second kappa shape index (κ2) is 13.1. The van der Waals surface area contributed by atoms with Gasteiger partial charge in [-0.15, -0.1) is 11.3 Å². The SMILES string of the molecule is OCCCCCOc1ccc(-c2sc3ccccc3c2Cc2ccc(OCCN3CCCC3)cc2)cc1. The first-order valence-electron chi connectivity index (χ1n) is 13.6. The van der Waals surface area contributed by atoms with Gasteiger partial charge >= 0.3 is 0 Å². The van der Waals surface area contributed by atoms with Crippen LogP contribution < -0.4 is 9.47 Å². The van der Waals surface area contributed by atoms with Crippen LogP contribution in [0.5, 0.6) is 11.5 Å². The predicted molar refractivity (Wildman–Crippen MR) is 154 cm³/mol. The van der Waals surface area contributed by atoms with Crippen LogP contribution in [0.4, 0.5) is 0 Å². The number of aliphatic hydroxyl groups excluding tert-OH is 1. The van der Waals surface area contributed by atoms with Gasteiger partial charge < -0.3 is 14.6 Å². The fourth-order valence-electron chi connectivity index (χ4n) is 5.00. The highest BCUT2D eigenvalue weighted by molar-refractivity contribution is 7.22. The first-order chi connectivity index (χ1) is 18.3. The lowest BCUT2D eigenvalue weighted by Crippen LogP contribution is -2.25. The minimum absolute atomic E-state index is 0.253. The molecule has 37 heavy (non-hydrogen) atoms. The molecule has 5 rings (SSSR count). The van der Waals surface area contributed by atoms with Crippen LogP contribution in [0.3, 0.4) is 0 Å². The average molecular weight is 516 g/mol. The summed E-state index contributed by atoms with van der Waals surface area (Å²) in [5.74, 6) is 1.85. The number of hydrogen-bond acceptors (Lipinski definition) is 5. The molecule has 0 amide bonds. The van der Waals surface area contributed by atoms with Crippen molar-refractivity contribution in [3.05, 3.63) is 83.9 Å². The number of benzene rings is 3. The van der Waals surface area contributed by atoms with Crippen LogP contribution in [0.25, 0.3) is 20.5 Å². The third-order valence-electron chi connectivity index (χ3n) is 7.07. The van der Waals surface area contributed by atoms with Crippen molar-refractivity contribution in [2.24, 2.45) is 0 Å². The molecular weight excluding hydrogens is 478 g/mol. The third kappa shape index (κ3) is 6.92. The lowest BCUT2D eigenvalue weighted by Gasteiger charge is -2.15. The van der Waals surface area contributed by atoms with Gasteiger partial charge in [-0.05, 0) is 116 Å². The molecule has 0 unspecified atom stereocenters. The number of rotatable bonds is 13. The zero-order chi connectivity index (χ0) is 25.3. The lowest BCUT2D eigenvalue weighted by molar-refractivity contribution is 0.238. The van der Waals surface area contributed by atoms with Crippen LogP contribution in [-0.4, -0.2) is 49.5 Å². The molecular formula is C32H37NO3S. The van der Waals surface area contributed by atoms with Crippen LogP contribution in [-0.2, 0) is 6.42 Å². The van der Waals surface area contributed by atoms with E-state index in [1.807, 2.05) is 11.3 Å². The number of fused-ring (bicyclic) bond motifs is 1. The number of nitrogens with zero attached hydrogens (tertiary/aromatic N) is 1. The molecule has 1 aromatic heterocycles. The molecule has 0 atom stereocenters. The molecule has 0 radical (unpaired) electrons. The largest absolute Gasteiger partial charge is 0.494 e. The maximum absolute atomic E-state index is 8.92. The number of likely N-dealkylation sites (tertiary alicyclic amines) is 1. The van der Waals surface area contributed by atoms with E-state index >= 15 is 0 Å². The second-order valence-electron chi connectivity index (χ2n) is 9.78. The van der Waals surface area contributed by atoms with Crippen LogP contribution in [0.2, 0.25) is 0 Å². The summed E-state index contributed by atoms with van der Waals surface area (Å²) in [6, 6.07) is 25.8. The molecule has 0 aliphatic carbocycles. The van der Waals surface area contributed by atoms with E-state index < -0.39 is 0 Å². The van der Waals surface area contributed by atoms with E-state index in [0.29, 0.717) is 6.61 Å². The Kier molecular flexibility index (Phi) is 9.12. The Balaban J connectivity index is 1.27. The van der Waals surface area contributed by atoms with Crippen molar-refractivity contribution in [2.45, 2.75) is 38.5 Å². The second-order valence-corrected chi connectivity index (χ2v) is 10.8. The molecule has 194 valence electrons. The Morgan fingerprint density at radius 2 is 1.46 bits per heavy atom. The summed E-state index contributed by atoms with van der Waals surface area (Å²) >= 11 is 1.86. The van der Waals surface area contributed by atoms with Crippen molar-refractivity contribution in [2.75, 3.05) is 39.5 Å². The third-order valence-corrected chi connectivity index (χ3v) is 8.33. The van der Waals surface area contributed by atoms with Gasteiger partial charge in [-0.1, -0.05) is 30.3 Å². The van der Waals surface area contributed by atoms with Crippen molar-refractivity contribution in [3.8, 4) is 21.9 Å². The Labute approximate surface area is 224 Å². The van der Waals surface area contributed by atoms with Crippen LogP contribution in [0.1, 0.15) is 43.2 Å². The smallest absolute Gasteiger partial charge is 0.119 e. The summed E-state index contributed by atoms with van der Waals surface area (Å²) in [7, 11) is 0. The van der Waals surface area contributed by atoms with Gasteiger partial charge in [0, 0.05) is 22.7 Å². The summed E-state index contributed by atoms with van der Waals surface area (Å²) in [5.41, 5.74) is 3.89. The van der Waals surface area contributed by atoms with Gasteiger partial charge in [0.25, 0.3) is 0 Å². The van der Waals surface area contributed by atoms with Crippen LogP contribution in [0, 0.1) is 0 Å². The van der Waals surface area contributed by atoms with Crippen molar-refractivity contribution >= 4 is 21.4 Å². The zero-order valence-electron chi connectivity index (χ0n) is 21.5. The highest BCUT2D eigenvalue weighted by atomic mass is 32.1. The van der Waals surface area contributed by atoms with Crippen molar-refractivity contribution in [1.82, 2.24) is 4.90 Å². The first-order valence-corrected chi connectivity index (χ1v) is 14.4. The Bertz CT molecular complexity index is 1240. The van der Waals surface area contributed by atoms with E-state index in [9.17, 15) is 0 Å². The van der Waals surface area contributed by atoms with Gasteiger partial charge in [0.1, 0.15) is 18.1 Å². The van der Waals surface area contributed by atoms with Gasteiger partial charge in [0.05, 0.1) is 6.61 Å². The van der Waals surface area contributed by atoms with E-state index in [-0.39, 0.29) is 6.61 Å². The standard InChI is InChI=1S/C32H37NO3S/c34-21-6-1-7-22-35-28-16-12-26(13-17-28)32-30(29-8-2-3-9-31(29)37-32)24-25-10-14-27(15-11-25)36-23-20-33-18-4-5-19-33/h2-3,8-17,34H,1,4-7,18-24H2. The molecule has 1 N–H and O–H groups in total. The van der Waals surface area contributed by atoms with Gasteiger partial charge in [-0.3, -0.25) is 4.90 Å². The number of aliphatic hydroxyl groups is 1. The van der Waals surface area contributed by atoms with Crippen molar-refractivity contribution < 1.29 is 14.6 Å². The number of hydrogen-bond donors (Lipinski definition) is 1. The zero-order valence-corrected chi connectivity index (χ0v) is 22.3. The fraction of sp³-hybridized carbons (Fsp3) is 0.375. The number of unbranched alkanes of at least 4 members (excludes halogenated alkanes) is 2. The fourth-order valence-corrected chi connectivity index (χ4v) is 6.22. The van der Waals surface area contributed by atoms with E-state index in [0.717, 1.165) is 50.3 Å². The molecule has 1 aliphatic rings. The van der Waals surface area contributed by atoms with Crippen molar-refractivity contribution in [3.63, 3.8) is 0 Å². The van der Waals surface area contributed by atoms with Crippen molar-refractivity contribution in [1.29, 1.82) is 0 Å². The summed E-state index contributed by atoms with van der Waals surface area (Å²) in [5, 5.41) is 10.3. The molecule has 3 aromatic carbocycles. The molecule has 1 saturated heterocycles. The Morgan fingerprint density at radius 3 is 2.22 bits per heavy atom. The first kappa shape index (κ1) is 25.8. The maximum atomic E-state index is 8.92. The summed E-state index contributed by atoms with van der Waals surface area (Å²) in [6.07, 6.45) is 6.31. The molecule has 5 heteroatoms. The summed E-state index contributed by atoms with van der Waals surface area (Å²) in [4.78, 5) is 3.80. The topological polar surface area (TPSA) is 41.9 Å².